The van der Waals surface area contributed by atoms with Gasteiger partial charge in [0, 0.05) is 6.42 Å². The van der Waals surface area contributed by atoms with Crippen LogP contribution in [0.4, 0.5) is 5.69 Å². The van der Waals surface area contributed by atoms with Crippen molar-refractivity contribution in [3.63, 3.8) is 0 Å². The van der Waals surface area contributed by atoms with Crippen LogP contribution in [0.3, 0.4) is 0 Å². The molecule has 2 aromatic rings. The van der Waals surface area contributed by atoms with Crippen molar-refractivity contribution in [1.82, 2.24) is 15.2 Å². The second kappa shape index (κ2) is 7.59. The van der Waals surface area contributed by atoms with E-state index in [-0.39, 0.29) is 0 Å². The second-order valence-electron chi connectivity index (χ2n) is 5.67. The fourth-order valence-electron chi connectivity index (χ4n) is 2.53. The summed E-state index contributed by atoms with van der Waals surface area (Å²) in [5.41, 5.74) is 0.611. The van der Waals surface area contributed by atoms with Gasteiger partial charge in [-0.15, -0.1) is 0 Å². The van der Waals surface area contributed by atoms with Gasteiger partial charge in [0.25, 0.3) is 0 Å². The van der Waals surface area contributed by atoms with Crippen molar-refractivity contribution < 1.29 is 8.42 Å². The molecular weight excluding hydrogens is 312 g/mol. The highest BCUT2D eigenvalue weighted by molar-refractivity contribution is 7.92. The standard InChI is InChI=1S/C16H24N4O2S/c1-4-5-7-12-15-17-16(19-18-15)13(2)20(23(3,21)22)14-10-8-6-9-11-14/h6,8-11,13H,4-5,7,12H2,1-3H3,(H,17,18,19). The van der Waals surface area contributed by atoms with E-state index in [2.05, 4.69) is 22.1 Å². The Morgan fingerprint density at radius 3 is 2.52 bits per heavy atom. The third-order valence-corrected chi connectivity index (χ3v) is 4.90. The molecule has 0 radical (unpaired) electrons. The third kappa shape index (κ3) is 4.54. The van der Waals surface area contributed by atoms with Crippen molar-refractivity contribution in [3.8, 4) is 0 Å². The molecule has 0 saturated carbocycles. The number of rotatable bonds is 8. The lowest BCUT2D eigenvalue weighted by molar-refractivity contribution is 0.585. The zero-order valence-corrected chi connectivity index (χ0v) is 14.7. The van der Waals surface area contributed by atoms with E-state index in [4.69, 9.17) is 0 Å². The van der Waals surface area contributed by atoms with Gasteiger partial charge in [0.15, 0.2) is 5.82 Å². The normalized spacial score (nSPS) is 13.0. The number of para-hydroxylation sites is 1. The maximum atomic E-state index is 12.2. The van der Waals surface area contributed by atoms with E-state index in [9.17, 15) is 8.42 Å². The Balaban J connectivity index is 2.23. The molecule has 0 spiro atoms. The molecule has 7 heteroatoms. The van der Waals surface area contributed by atoms with Crippen molar-refractivity contribution in [3.05, 3.63) is 42.0 Å². The minimum absolute atomic E-state index is 0.469. The summed E-state index contributed by atoms with van der Waals surface area (Å²) in [6, 6.07) is 8.55. The smallest absolute Gasteiger partial charge is 0.232 e. The van der Waals surface area contributed by atoms with Gasteiger partial charge in [0.2, 0.25) is 10.0 Å². The molecule has 1 aromatic heterocycles. The van der Waals surface area contributed by atoms with E-state index in [1.165, 1.54) is 10.6 Å². The quantitative estimate of drug-likeness (QED) is 0.751. The maximum Gasteiger partial charge on any atom is 0.232 e. The van der Waals surface area contributed by atoms with Gasteiger partial charge < -0.3 is 0 Å². The van der Waals surface area contributed by atoms with E-state index < -0.39 is 16.1 Å². The van der Waals surface area contributed by atoms with Crippen LogP contribution < -0.4 is 4.31 Å². The van der Waals surface area contributed by atoms with E-state index >= 15 is 0 Å². The monoisotopic (exact) mass is 336 g/mol. The summed E-state index contributed by atoms with van der Waals surface area (Å²) in [5.74, 6) is 1.30. The van der Waals surface area contributed by atoms with Crippen molar-refractivity contribution >= 4 is 15.7 Å². The van der Waals surface area contributed by atoms with E-state index in [0.717, 1.165) is 31.5 Å². The SMILES string of the molecule is CCCCCc1nc(C(C)N(c2ccccc2)S(C)(=O)=O)n[nH]1. The molecule has 6 nitrogen and oxygen atoms in total. The van der Waals surface area contributed by atoms with Crippen LogP contribution in [0, 0.1) is 0 Å². The lowest BCUT2D eigenvalue weighted by Crippen LogP contribution is -2.33. The van der Waals surface area contributed by atoms with Crippen molar-refractivity contribution in [1.29, 1.82) is 0 Å². The third-order valence-electron chi connectivity index (χ3n) is 3.66. The Bertz CT molecular complexity index is 713. The number of aromatic nitrogens is 3. The number of aromatic amines is 1. The summed E-state index contributed by atoms with van der Waals surface area (Å²) in [4.78, 5) is 4.47. The number of nitrogens with zero attached hydrogens (tertiary/aromatic N) is 3. The van der Waals surface area contributed by atoms with Crippen LogP contribution in [0.15, 0.2) is 30.3 Å². The summed E-state index contributed by atoms with van der Waals surface area (Å²) < 4.78 is 25.8. The van der Waals surface area contributed by atoms with E-state index in [0.29, 0.717) is 11.5 Å². The Morgan fingerprint density at radius 1 is 1.22 bits per heavy atom. The van der Waals surface area contributed by atoms with Gasteiger partial charge in [-0.3, -0.25) is 9.40 Å². The topological polar surface area (TPSA) is 79.0 Å². The second-order valence-corrected chi connectivity index (χ2v) is 7.53. The average molecular weight is 336 g/mol. The Labute approximate surface area is 138 Å². The molecule has 0 fully saturated rings. The van der Waals surface area contributed by atoms with Crippen LogP contribution in [0.5, 0.6) is 0 Å². The van der Waals surface area contributed by atoms with Crippen LogP contribution in [-0.4, -0.2) is 29.9 Å². The Morgan fingerprint density at radius 2 is 1.91 bits per heavy atom. The molecule has 1 unspecified atom stereocenters. The average Bonchev–Trinajstić information content (AvgIpc) is 2.96. The largest absolute Gasteiger partial charge is 0.263 e. The van der Waals surface area contributed by atoms with Crippen molar-refractivity contribution in [2.75, 3.05) is 10.6 Å². The molecule has 1 aromatic carbocycles. The molecule has 23 heavy (non-hydrogen) atoms. The number of benzene rings is 1. The van der Waals surface area contributed by atoms with Gasteiger partial charge in [0.1, 0.15) is 11.9 Å². The number of H-pyrrole nitrogens is 1. The fourth-order valence-corrected chi connectivity index (χ4v) is 3.71. The Kier molecular flexibility index (Phi) is 5.76. The zero-order valence-electron chi connectivity index (χ0n) is 13.9. The van der Waals surface area contributed by atoms with Gasteiger partial charge in [-0.05, 0) is 25.5 Å². The first kappa shape index (κ1) is 17.5. The number of hydrogen-bond acceptors (Lipinski definition) is 4. The van der Waals surface area contributed by atoms with E-state index in [1.54, 1.807) is 19.1 Å². The number of unbranched alkanes of at least 4 members (excludes halogenated alkanes) is 2. The molecule has 0 saturated heterocycles. The molecule has 1 heterocycles. The molecule has 1 N–H and O–H groups in total. The minimum atomic E-state index is -3.44. The highest BCUT2D eigenvalue weighted by Gasteiger charge is 2.27. The van der Waals surface area contributed by atoms with Gasteiger partial charge in [-0.25, -0.2) is 13.4 Å². The summed E-state index contributed by atoms with van der Waals surface area (Å²) in [6.45, 7) is 3.95. The van der Waals surface area contributed by atoms with Gasteiger partial charge in [-0.1, -0.05) is 38.0 Å². The molecular formula is C16H24N4O2S. The van der Waals surface area contributed by atoms with Crippen molar-refractivity contribution in [2.45, 2.75) is 45.6 Å². The number of sulfonamides is 1. The first-order valence-corrected chi connectivity index (χ1v) is 9.74. The molecule has 126 valence electrons. The lowest BCUT2D eigenvalue weighted by Gasteiger charge is -2.27. The van der Waals surface area contributed by atoms with Crippen LogP contribution >= 0.6 is 0 Å². The van der Waals surface area contributed by atoms with Gasteiger partial charge >= 0.3 is 0 Å². The zero-order chi connectivity index (χ0) is 16.9. The minimum Gasteiger partial charge on any atom is -0.263 e. The molecule has 0 aliphatic heterocycles. The van der Waals surface area contributed by atoms with E-state index in [1.807, 2.05) is 18.2 Å². The number of hydrogen-bond donors (Lipinski definition) is 1. The van der Waals surface area contributed by atoms with Crippen LogP contribution in [0.1, 0.15) is 50.8 Å². The van der Waals surface area contributed by atoms with Crippen LogP contribution in [-0.2, 0) is 16.4 Å². The lowest BCUT2D eigenvalue weighted by atomic mass is 10.2. The maximum absolute atomic E-state index is 12.2. The highest BCUT2D eigenvalue weighted by atomic mass is 32.2. The summed E-state index contributed by atoms with van der Waals surface area (Å²) in [6.07, 6.45) is 5.37. The summed E-state index contributed by atoms with van der Waals surface area (Å²) >= 11 is 0. The van der Waals surface area contributed by atoms with Gasteiger partial charge in [-0.2, -0.15) is 5.10 Å². The summed E-state index contributed by atoms with van der Waals surface area (Å²) in [7, 11) is -3.44. The predicted octanol–water partition coefficient (Wildman–Crippen LogP) is 3.06. The van der Waals surface area contributed by atoms with Crippen LogP contribution in [0.25, 0.3) is 0 Å². The number of aryl methyl sites for hydroxylation is 1. The van der Waals surface area contributed by atoms with Gasteiger partial charge in [0.05, 0.1) is 11.9 Å². The molecule has 0 bridgehead atoms. The number of nitrogens with one attached hydrogen (secondary N) is 1. The Hall–Kier alpha value is -1.89. The first-order chi connectivity index (χ1) is 10.9. The molecule has 0 amide bonds. The molecule has 1 atom stereocenters. The fraction of sp³-hybridized carbons (Fsp3) is 0.500. The highest BCUT2D eigenvalue weighted by Crippen LogP contribution is 2.27. The first-order valence-electron chi connectivity index (χ1n) is 7.89. The predicted molar refractivity (Wildman–Crippen MR) is 91.8 cm³/mol. The molecule has 0 aliphatic rings. The molecule has 2 rings (SSSR count). The summed E-state index contributed by atoms with van der Waals surface area (Å²) in [5, 5.41) is 7.13. The van der Waals surface area contributed by atoms with Crippen LogP contribution in [0.2, 0.25) is 0 Å². The molecule has 0 aliphatic carbocycles. The van der Waals surface area contributed by atoms with Crippen molar-refractivity contribution in [2.24, 2.45) is 0 Å². The number of anilines is 1.